The highest BCUT2D eigenvalue weighted by Crippen LogP contribution is 2.05. The first-order valence-corrected chi connectivity index (χ1v) is 10.8. The predicted octanol–water partition coefficient (Wildman–Crippen LogP) is -0.606. The molecule has 0 aromatic carbocycles. The van der Waals surface area contributed by atoms with Gasteiger partial charge in [0.05, 0.1) is 0 Å². The number of thioether (sulfide) groups is 2. The van der Waals surface area contributed by atoms with Gasteiger partial charge < -0.3 is 26.7 Å². The largest absolute Gasteiger partial charge is 0.392 e. The first kappa shape index (κ1) is 24.9. The number of nitrogens with two attached hydrogens (primary N) is 3. The molecule has 0 fully saturated rings. The Balaban J connectivity index is 4.20. The van der Waals surface area contributed by atoms with Crippen molar-refractivity contribution < 1.29 is 28.7 Å². The van der Waals surface area contributed by atoms with Crippen LogP contribution in [0.4, 0.5) is 0 Å². The lowest BCUT2D eigenvalue weighted by Crippen LogP contribution is -2.40. The molecule has 6 N–H and O–H groups in total. The van der Waals surface area contributed by atoms with E-state index in [0.29, 0.717) is 24.3 Å². The van der Waals surface area contributed by atoms with Crippen molar-refractivity contribution in [3.05, 3.63) is 0 Å². The average Bonchev–Trinajstić information content (AvgIpc) is 2.61. The van der Waals surface area contributed by atoms with E-state index in [2.05, 4.69) is 9.47 Å². The third kappa shape index (κ3) is 10.8. The standard InChI is InChI=1S/C15H27N3O6S2/c1-25-7-5-10(17)13(20)23-12(19)4-3-9(16)14(21)24-15(22)11(18)6-8-26-2/h9-11H,3-8,16-18H2,1-2H3/t9-,10-,11-/m0/s1. The van der Waals surface area contributed by atoms with Gasteiger partial charge in [0, 0.05) is 6.42 Å². The second kappa shape index (κ2) is 14.0. The van der Waals surface area contributed by atoms with Gasteiger partial charge >= 0.3 is 23.9 Å². The number of carbonyl (C=O) groups excluding carboxylic acids is 4. The molecule has 0 aromatic heterocycles. The fraction of sp³-hybridized carbons (Fsp3) is 0.733. The molecule has 0 amide bonds. The lowest BCUT2D eigenvalue weighted by Gasteiger charge is -2.13. The molecule has 0 rings (SSSR count). The van der Waals surface area contributed by atoms with E-state index >= 15 is 0 Å². The summed E-state index contributed by atoms with van der Waals surface area (Å²) in [6.45, 7) is 0. The molecule has 150 valence electrons. The predicted molar refractivity (Wildman–Crippen MR) is 101 cm³/mol. The SMILES string of the molecule is CSCC[C@H](N)C(=O)OC(=O)CC[C@H](N)C(=O)OC(=O)[C@@H](N)CCSC. The smallest absolute Gasteiger partial charge is 0.330 e. The van der Waals surface area contributed by atoms with Crippen molar-refractivity contribution in [3.63, 3.8) is 0 Å². The van der Waals surface area contributed by atoms with Gasteiger partial charge in [-0.25, -0.2) is 14.4 Å². The summed E-state index contributed by atoms with van der Waals surface area (Å²) in [4.78, 5) is 46.5. The minimum Gasteiger partial charge on any atom is -0.392 e. The zero-order valence-electron chi connectivity index (χ0n) is 15.0. The van der Waals surface area contributed by atoms with Crippen LogP contribution >= 0.6 is 23.5 Å². The number of esters is 4. The van der Waals surface area contributed by atoms with E-state index in [1.165, 1.54) is 23.5 Å². The molecule has 0 heterocycles. The fourth-order valence-electron chi connectivity index (χ4n) is 1.61. The molecule has 11 heteroatoms. The van der Waals surface area contributed by atoms with Crippen molar-refractivity contribution >= 4 is 47.4 Å². The Hall–Kier alpha value is -1.14. The Morgan fingerprint density at radius 3 is 1.54 bits per heavy atom. The second-order valence-corrected chi connectivity index (χ2v) is 7.43. The third-order valence-electron chi connectivity index (χ3n) is 3.25. The monoisotopic (exact) mass is 409 g/mol. The van der Waals surface area contributed by atoms with E-state index in [1.54, 1.807) is 0 Å². The first-order chi connectivity index (χ1) is 12.2. The van der Waals surface area contributed by atoms with Crippen LogP contribution in [-0.4, -0.2) is 66.0 Å². The maximum Gasteiger partial charge on any atom is 0.330 e. The van der Waals surface area contributed by atoms with Crippen molar-refractivity contribution in [2.24, 2.45) is 17.2 Å². The number of hydrogen-bond acceptors (Lipinski definition) is 11. The van der Waals surface area contributed by atoms with Crippen molar-refractivity contribution in [1.82, 2.24) is 0 Å². The van der Waals surface area contributed by atoms with Gasteiger partial charge in [-0.15, -0.1) is 0 Å². The van der Waals surface area contributed by atoms with E-state index in [1.807, 2.05) is 12.5 Å². The maximum absolute atomic E-state index is 11.7. The van der Waals surface area contributed by atoms with Gasteiger partial charge in [0.15, 0.2) is 0 Å². The van der Waals surface area contributed by atoms with Crippen LogP contribution < -0.4 is 17.2 Å². The number of rotatable bonds is 12. The van der Waals surface area contributed by atoms with Crippen molar-refractivity contribution in [2.75, 3.05) is 24.0 Å². The third-order valence-corrected chi connectivity index (χ3v) is 4.54. The Morgan fingerprint density at radius 2 is 1.12 bits per heavy atom. The van der Waals surface area contributed by atoms with Crippen LogP contribution in [-0.2, 0) is 28.7 Å². The topological polar surface area (TPSA) is 165 Å². The molecule has 26 heavy (non-hydrogen) atoms. The lowest BCUT2D eigenvalue weighted by atomic mass is 10.1. The second-order valence-electron chi connectivity index (χ2n) is 5.45. The summed E-state index contributed by atoms with van der Waals surface area (Å²) in [5.41, 5.74) is 16.7. The van der Waals surface area contributed by atoms with Crippen LogP contribution in [0.1, 0.15) is 25.7 Å². The molecule has 3 atom stereocenters. The van der Waals surface area contributed by atoms with Gasteiger partial charge in [-0.3, -0.25) is 4.79 Å². The molecule has 0 saturated carbocycles. The molecular weight excluding hydrogens is 382 g/mol. The number of ether oxygens (including phenoxy) is 2. The van der Waals surface area contributed by atoms with Crippen LogP contribution in [0.3, 0.4) is 0 Å². The Labute approximate surface area is 161 Å². The van der Waals surface area contributed by atoms with Gasteiger partial charge in [0.1, 0.15) is 18.1 Å². The quantitative estimate of drug-likeness (QED) is 0.278. The molecule has 0 aliphatic carbocycles. The van der Waals surface area contributed by atoms with Gasteiger partial charge in [0.25, 0.3) is 0 Å². The van der Waals surface area contributed by atoms with Crippen LogP contribution in [0.5, 0.6) is 0 Å². The highest BCUT2D eigenvalue weighted by Gasteiger charge is 2.25. The summed E-state index contributed by atoms with van der Waals surface area (Å²) in [7, 11) is 0. The van der Waals surface area contributed by atoms with E-state index in [0.717, 1.165) is 0 Å². The lowest BCUT2D eigenvalue weighted by molar-refractivity contribution is -0.161. The molecule has 9 nitrogen and oxygen atoms in total. The normalized spacial score (nSPS) is 14.2. The summed E-state index contributed by atoms with van der Waals surface area (Å²) < 4.78 is 9.18. The Bertz CT molecular complexity index is 492. The van der Waals surface area contributed by atoms with Gasteiger partial charge in [0.2, 0.25) is 0 Å². The van der Waals surface area contributed by atoms with Crippen LogP contribution in [0, 0.1) is 0 Å². The molecule has 0 bridgehead atoms. The molecule has 0 unspecified atom stereocenters. The van der Waals surface area contributed by atoms with E-state index in [4.69, 9.17) is 17.2 Å². The minimum absolute atomic E-state index is 0.141. The summed E-state index contributed by atoms with van der Waals surface area (Å²) in [6, 6.07) is -3.01. The summed E-state index contributed by atoms with van der Waals surface area (Å²) in [5, 5.41) is 0. The highest BCUT2D eigenvalue weighted by molar-refractivity contribution is 7.98. The fourth-order valence-corrected chi connectivity index (χ4v) is 2.59. The van der Waals surface area contributed by atoms with Gasteiger partial charge in [-0.05, 0) is 43.3 Å². The molecule has 0 saturated heterocycles. The number of carbonyl (C=O) groups is 4. The minimum atomic E-state index is -1.21. The average molecular weight is 410 g/mol. The molecule has 0 radical (unpaired) electrons. The van der Waals surface area contributed by atoms with Crippen LogP contribution in [0.15, 0.2) is 0 Å². The van der Waals surface area contributed by atoms with Crippen molar-refractivity contribution in [1.29, 1.82) is 0 Å². The molecular formula is C15H27N3O6S2. The van der Waals surface area contributed by atoms with Crippen molar-refractivity contribution in [3.8, 4) is 0 Å². The van der Waals surface area contributed by atoms with Gasteiger partial charge in [-0.1, -0.05) is 0 Å². The Morgan fingerprint density at radius 1 is 0.731 bits per heavy atom. The first-order valence-electron chi connectivity index (χ1n) is 7.97. The number of hydrogen-bond donors (Lipinski definition) is 3. The molecule has 0 aliphatic heterocycles. The van der Waals surface area contributed by atoms with E-state index < -0.39 is 42.0 Å². The van der Waals surface area contributed by atoms with Crippen molar-refractivity contribution in [2.45, 2.75) is 43.8 Å². The summed E-state index contributed by atoms with van der Waals surface area (Å²) in [5.74, 6) is -2.21. The summed E-state index contributed by atoms with van der Waals surface area (Å²) >= 11 is 3.02. The van der Waals surface area contributed by atoms with Crippen LogP contribution in [0.2, 0.25) is 0 Å². The van der Waals surface area contributed by atoms with Gasteiger partial charge in [-0.2, -0.15) is 23.5 Å². The van der Waals surface area contributed by atoms with Crippen LogP contribution in [0.25, 0.3) is 0 Å². The zero-order valence-corrected chi connectivity index (χ0v) is 16.6. The van der Waals surface area contributed by atoms with E-state index in [9.17, 15) is 19.2 Å². The maximum atomic E-state index is 11.7. The molecule has 0 aromatic rings. The van der Waals surface area contributed by atoms with E-state index in [-0.39, 0.29) is 12.8 Å². The Kier molecular flexibility index (Phi) is 13.4. The summed E-state index contributed by atoms with van der Waals surface area (Å²) in [6.07, 6.45) is 4.05. The molecule has 0 spiro atoms. The zero-order chi connectivity index (χ0) is 20.1. The molecule has 0 aliphatic rings. The highest BCUT2D eigenvalue weighted by atomic mass is 32.2.